The fraction of sp³-hybridized carbons (Fsp3) is 0.774. The lowest BCUT2D eigenvalue weighted by molar-refractivity contribution is -0.196. The Morgan fingerprint density at radius 2 is 1.90 bits per heavy atom. The fourth-order valence-corrected chi connectivity index (χ4v) is 3.70. The minimum Gasteiger partial charge on any atom is -0.396 e. The quantitative estimate of drug-likeness (QED) is 0.111. The normalized spacial score (nSPS) is 16.7. The third-order valence-corrected chi connectivity index (χ3v) is 6.60. The van der Waals surface area contributed by atoms with Gasteiger partial charge in [-0.1, -0.05) is 27.7 Å². The van der Waals surface area contributed by atoms with E-state index < -0.39 is 11.9 Å². The zero-order valence-corrected chi connectivity index (χ0v) is 26.1. The smallest absolute Gasteiger partial charge is 0.333 e. The van der Waals surface area contributed by atoms with Gasteiger partial charge in [-0.05, 0) is 82.3 Å². The van der Waals surface area contributed by atoms with E-state index in [1.54, 1.807) is 6.92 Å². The van der Waals surface area contributed by atoms with Gasteiger partial charge >= 0.3 is 5.97 Å². The number of carbonyl (C=O) groups excluding carboxylic acids is 4. The van der Waals surface area contributed by atoms with Gasteiger partial charge in [0.05, 0.1) is 25.2 Å². The average molecular weight is 583 g/mol. The first-order valence-corrected chi connectivity index (χ1v) is 14.9. The Morgan fingerprint density at radius 3 is 2.54 bits per heavy atom. The highest BCUT2D eigenvalue weighted by Gasteiger charge is 2.23. The molecule has 1 rings (SSSR count). The Hall–Kier alpha value is -2.52. The number of aliphatic hydroxyl groups excluding tert-OH is 1. The number of allylic oxidation sites excluding steroid dienone is 1. The summed E-state index contributed by atoms with van der Waals surface area (Å²) in [4.78, 5) is 49.8. The van der Waals surface area contributed by atoms with Crippen molar-refractivity contribution in [3.63, 3.8) is 0 Å². The third-order valence-electron chi connectivity index (χ3n) is 6.60. The summed E-state index contributed by atoms with van der Waals surface area (Å²) in [7, 11) is 0. The molecule has 1 aliphatic carbocycles. The minimum absolute atomic E-state index is 0.0838. The fourth-order valence-electron chi connectivity index (χ4n) is 3.70. The van der Waals surface area contributed by atoms with Crippen molar-refractivity contribution in [3.05, 3.63) is 17.9 Å². The van der Waals surface area contributed by atoms with Crippen LogP contribution in [-0.2, 0) is 33.5 Å². The summed E-state index contributed by atoms with van der Waals surface area (Å²) in [5.41, 5.74) is 3.00. The van der Waals surface area contributed by atoms with Gasteiger partial charge in [0, 0.05) is 32.6 Å². The average Bonchev–Trinajstić information content (AvgIpc) is 2.90. The molecule has 0 radical (unpaired) electrons. The van der Waals surface area contributed by atoms with Gasteiger partial charge in [0.2, 0.25) is 5.91 Å². The Labute approximate surface area is 246 Å². The van der Waals surface area contributed by atoms with E-state index in [0.29, 0.717) is 55.4 Å². The van der Waals surface area contributed by atoms with E-state index >= 15 is 0 Å². The van der Waals surface area contributed by atoms with Gasteiger partial charge in [-0.25, -0.2) is 4.79 Å². The lowest BCUT2D eigenvalue weighted by Crippen LogP contribution is -2.33. The second-order valence-corrected chi connectivity index (χ2v) is 11.4. The molecule has 0 aromatic carbocycles. The van der Waals surface area contributed by atoms with E-state index in [-0.39, 0.29) is 43.8 Å². The number of aliphatic hydroxyl groups is 1. The highest BCUT2D eigenvalue weighted by Crippen LogP contribution is 2.25. The zero-order valence-electron chi connectivity index (χ0n) is 26.1. The maximum Gasteiger partial charge on any atom is 0.333 e. The summed E-state index contributed by atoms with van der Waals surface area (Å²) in [5.74, 6) is 0.111. The van der Waals surface area contributed by atoms with Gasteiger partial charge in [0.25, 0.3) is 12.3 Å². The lowest BCUT2D eigenvalue weighted by Gasteiger charge is -2.30. The number of amides is 3. The van der Waals surface area contributed by atoms with E-state index in [1.807, 2.05) is 13.8 Å². The number of rotatable bonds is 17. The van der Waals surface area contributed by atoms with E-state index in [1.165, 1.54) is 6.42 Å². The minimum atomic E-state index is -0.810. The molecule has 0 saturated carbocycles. The first-order chi connectivity index (χ1) is 19.4. The predicted octanol–water partition coefficient (Wildman–Crippen LogP) is 4.50. The van der Waals surface area contributed by atoms with Crippen LogP contribution in [0.25, 0.3) is 0 Å². The number of nitrogens with zero attached hydrogens (tertiary/aromatic N) is 1. The van der Waals surface area contributed by atoms with Crippen molar-refractivity contribution in [2.75, 3.05) is 33.0 Å². The Morgan fingerprint density at radius 1 is 1.17 bits per heavy atom. The maximum atomic E-state index is 11.6. The van der Waals surface area contributed by atoms with Gasteiger partial charge in [0.1, 0.15) is 0 Å². The van der Waals surface area contributed by atoms with Crippen molar-refractivity contribution < 1.29 is 38.6 Å². The highest BCUT2D eigenvalue weighted by atomic mass is 16.7. The van der Waals surface area contributed by atoms with Crippen LogP contribution < -0.4 is 5.32 Å². The van der Waals surface area contributed by atoms with Crippen molar-refractivity contribution in [1.82, 2.24) is 10.4 Å². The van der Waals surface area contributed by atoms with Crippen LogP contribution in [-0.4, -0.2) is 72.9 Å². The number of nitrogens with one attached hydrogen (secondary N) is 1. The molecule has 236 valence electrons. The molecule has 1 aliphatic rings. The number of hydrogen-bond donors (Lipinski definition) is 2. The maximum absolute atomic E-state index is 11.6. The summed E-state index contributed by atoms with van der Waals surface area (Å²) in [6.45, 7) is 14.8. The summed E-state index contributed by atoms with van der Waals surface area (Å²) in [6, 6.07) is 0. The molecule has 2 N–H and O–H groups in total. The Kier molecular flexibility index (Phi) is 21.7. The number of hydrogen-bond acceptors (Lipinski definition) is 8. The topological polar surface area (TPSA) is 131 Å². The van der Waals surface area contributed by atoms with Crippen LogP contribution in [0.2, 0.25) is 0 Å². The number of imide groups is 1. The molecule has 10 nitrogen and oxygen atoms in total. The van der Waals surface area contributed by atoms with Crippen LogP contribution in [0.1, 0.15) is 99.3 Å². The molecule has 0 heterocycles. The summed E-state index contributed by atoms with van der Waals surface area (Å²) in [5, 5.41) is 12.0. The third kappa shape index (κ3) is 20.9. The van der Waals surface area contributed by atoms with Gasteiger partial charge in [-0.3, -0.25) is 14.4 Å². The molecule has 0 saturated heterocycles. The summed E-state index contributed by atoms with van der Waals surface area (Å²) >= 11 is 0. The Bertz CT molecular complexity index is 821. The molecular weight excluding hydrogens is 528 g/mol. The van der Waals surface area contributed by atoms with E-state index in [9.17, 15) is 19.2 Å². The molecule has 10 heteroatoms. The van der Waals surface area contributed by atoms with Crippen LogP contribution in [0.4, 0.5) is 0 Å². The summed E-state index contributed by atoms with van der Waals surface area (Å²) in [6.07, 6.45) is 9.77. The van der Waals surface area contributed by atoms with Gasteiger partial charge in [-0.2, -0.15) is 0 Å². The molecule has 2 unspecified atom stereocenters. The van der Waals surface area contributed by atoms with Crippen LogP contribution in [0.3, 0.4) is 0 Å². The van der Waals surface area contributed by atoms with Crippen molar-refractivity contribution in [1.29, 1.82) is 0 Å². The molecule has 3 amide bonds. The largest absolute Gasteiger partial charge is 0.396 e. The summed E-state index contributed by atoms with van der Waals surface area (Å²) < 4.78 is 11.3. The first kappa shape index (κ1) is 38.5. The molecule has 0 aromatic heterocycles. The zero-order chi connectivity index (χ0) is 31.1. The van der Waals surface area contributed by atoms with Crippen molar-refractivity contribution >= 4 is 24.2 Å². The molecule has 41 heavy (non-hydrogen) atoms. The van der Waals surface area contributed by atoms with Crippen molar-refractivity contribution in [2.24, 2.45) is 17.8 Å². The molecule has 0 aromatic rings. The second-order valence-electron chi connectivity index (χ2n) is 11.4. The Balaban J connectivity index is 0.000000825. The van der Waals surface area contributed by atoms with E-state index in [4.69, 9.17) is 14.6 Å². The van der Waals surface area contributed by atoms with Crippen molar-refractivity contribution in [3.8, 4) is 0 Å². The lowest BCUT2D eigenvalue weighted by atomic mass is 9.87. The standard InChI is InChI=1S/C16H28N2O6.C15H26O2/c1-4-5-15(21)18(12-19)24-16(22)7-6-14(20)17-9-11-23-10-8-13(2)3;1-13-8-6-4-5-7-9-14(13)12-17-15(2,3)10-11-16/h12-13H,4-11H2,1-3H3,(H,17,20);4,7,13-14,16H,6,8-12H2,1-3H3. The molecule has 0 fully saturated rings. The molecular formula is C31H54N2O8. The number of hydroxylamine groups is 2. The van der Waals surface area contributed by atoms with Crippen molar-refractivity contribution in [2.45, 2.75) is 105 Å². The van der Waals surface area contributed by atoms with Gasteiger partial charge < -0.3 is 24.7 Å². The van der Waals surface area contributed by atoms with Crippen LogP contribution in [0.15, 0.2) is 17.9 Å². The first-order valence-electron chi connectivity index (χ1n) is 14.9. The van der Waals surface area contributed by atoms with Gasteiger partial charge in [-0.15, -0.1) is 10.8 Å². The molecule has 2 atom stereocenters. The number of carbonyl (C=O) groups is 4. The van der Waals surface area contributed by atoms with E-state index in [2.05, 4.69) is 48.8 Å². The molecule has 0 spiro atoms. The predicted molar refractivity (Wildman–Crippen MR) is 157 cm³/mol. The second kappa shape index (κ2) is 23.1. The molecule has 0 bridgehead atoms. The highest BCUT2D eigenvalue weighted by molar-refractivity contribution is 5.87. The number of ether oxygens (including phenoxy) is 2. The molecule has 0 aliphatic heterocycles. The van der Waals surface area contributed by atoms with Gasteiger partial charge in [0.15, 0.2) is 0 Å². The SMILES string of the molecule is CC1CCC=C=CCC1COC(C)(C)CCO.CCCC(=O)N(C=O)OC(=O)CCC(=O)NCCOCCC(C)C. The van der Waals surface area contributed by atoms with Crippen LogP contribution >= 0.6 is 0 Å². The van der Waals surface area contributed by atoms with Crippen LogP contribution in [0, 0.1) is 17.8 Å². The van der Waals surface area contributed by atoms with E-state index in [0.717, 1.165) is 25.9 Å². The van der Waals surface area contributed by atoms with Crippen LogP contribution in [0.5, 0.6) is 0 Å². The monoisotopic (exact) mass is 582 g/mol.